The summed E-state index contributed by atoms with van der Waals surface area (Å²) in [5.74, 6) is 0.0325. The number of amides is 1. The fourth-order valence-corrected chi connectivity index (χ4v) is 3.57. The highest BCUT2D eigenvalue weighted by molar-refractivity contribution is 8.01. The number of hydrogen-bond donors (Lipinski definition) is 1. The minimum absolute atomic E-state index is 0.135. The zero-order valence-corrected chi connectivity index (χ0v) is 16.8. The number of nitrogens with zero attached hydrogens (tertiary/aromatic N) is 2. The molecule has 140 valence electrons. The summed E-state index contributed by atoms with van der Waals surface area (Å²) in [6, 6.07) is 5.23. The molecule has 0 aliphatic rings. The topological polar surface area (TPSA) is 90.4 Å². The largest absolute Gasteiger partial charge is 0.481 e. The number of benzene rings is 1. The Bertz CT molecular complexity index is 785. The number of aromatic nitrogens is 2. The number of hydrogen-bond acceptors (Lipinski definition) is 8. The van der Waals surface area contributed by atoms with Crippen molar-refractivity contribution in [3.8, 4) is 5.75 Å². The standard InChI is InChI=1S/C16H18ClN3O4S2/c1-4-12(24-10-5-6-11(17)9(2)7-10)14(22)18-15-19-20-16(26-15)25-8-13(21)23-3/h5-7,12H,4,8H2,1-3H3,(H,18,19,22)/t12-/m0/s1. The van der Waals surface area contributed by atoms with E-state index in [-0.39, 0.29) is 17.6 Å². The van der Waals surface area contributed by atoms with E-state index < -0.39 is 6.10 Å². The van der Waals surface area contributed by atoms with Gasteiger partial charge in [0.1, 0.15) is 5.75 Å². The van der Waals surface area contributed by atoms with Crippen LogP contribution in [0, 0.1) is 6.92 Å². The Labute approximate surface area is 164 Å². The van der Waals surface area contributed by atoms with Crippen LogP contribution in [0.5, 0.6) is 5.75 Å². The molecular formula is C16H18ClN3O4S2. The molecule has 0 saturated carbocycles. The normalized spacial score (nSPS) is 11.7. The van der Waals surface area contributed by atoms with Crippen LogP contribution in [0.4, 0.5) is 5.13 Å². The summed E-state index contributed by atoms with van der Waals surface area (Å²) in [4.78, 5) is 23.6. The minimum atomic E-state index is -0.675. The lowest BCUT2D eigenvalue weighted by Crippen LogP contribution is -2.32. The summed E-state index contributed by atoms with van der Waals surface area (Å²) < 4.78 is 10.9. The van der Waals surface area contributed by atoms with Gasteiger partial charge in [-0.1, -0.05) is 41.6 Å². The van der Waals surface area contributed by atoms with Gasteiger partial charge in [-0.25, -0.2) is 0 Å². The maximum Gasteiger partial charge on any atom is 0.316 e. The number of rotatable bonds is 8. The van der Waals surface area contributed by atoms with Gasteiger partial charge in [0.25, 0.3) is 5.91 Å². The predicted molar refractivity (Wildman–Crippen MR) is 102 cm³/mol. The quantitative estimate of drug-likeness (QED) is 0.400. The molecule has 0 unspecified atom stereocenters. The van der Waals surface area contributed by atoms with Crippen molar-refractivity contribution in [1.82, 2.24) is 10.2 Å². The maximum absolute atomic E-state index is 12.4. The summed E-state index contributed by atoms with van der Waals surface area (Å²) in [7, 11) is 1.32. The van der Waals surface area contributed by atoms with E-state index in [4.69, 9.17) is 16.3 Å². The average molecular weight is 416 g/mol. The maximum atomic E-state index is 12.4. The molecule has 1 heterocycles. The molecule has 1 aromatic carbocycles. The van der Waals surface area contributed by atoms with Gasteiger partial charge in [0.2, 0.25) is 5.13 Å². The zero-order chi connectivity index (χ0) is 19.1. The molecule has 0 spiro atoms. The molecule has 0 fully saturated rings. The molecule has 2 aromatic rings. The summed E-state index contributed by atoms with van der Waals surface area (Å²) in [5.41, 5.74) is 0.871. The zero-order valence-electron chi connectivity index (χ0n) is 14.4. The minimum Gasteiger partial charge on any atom is -0.481 e. The van der Waals surface area contributed by atoms with Gasteiger partial charge in [0.15, 0.2) is 10.4 Å². The van der Waals surface area contributed by atoms with E-state index in [9.17, 15) is 9.59 Å². The number of thioether (sulfide) groups is 1. The van der Waals surface area contributed by atoms with E-state index in [2.05, 4.69) is 20.3 Å². The smallest absolute Gasteiger partial charge is 0.316 e. The SMILES string of the molecule is CC[C@H](Oc1ccc(Cl)c(C)c1)C(=O)Nc1nnc(SCC(=O)OC)s1. The van der Waals surface area contributed by atoms with E-state index in [1.165, 1.54) is 30.2 Å². The van der Waals surface area contributed by atoms with E-state index in [0.29, 0.717) is 26.7 Å². The first kappa shape index (κ1) is 20.5. The third kappa shape index (κ3) is 5.86. The highest BCUT2D eigenvalue weighted by Gasteiger charge is 2.20. The number of anilines is 1. The van der Waals surface area contributed by atoms with E-state index in [1.54, 1.807) is 18.2 Å². The highest BCUT2D eigenvalue weighted by Crippen LogP contribution is 2.26. The molecule has 7 nitrogen and oxygen atoms in total. The van der Waals surface area contributed by atoms with Gasteiger partial charge in [0.05, 0.1) is 12.9 Å². The number of methoxy groups -OCH3 is 1. The van der Waals surface area contributed by atoms with Crippen LogP contribution in [0.2, 0.25) is 5.02 Å². The van der Waals surface area contributed by atoms with Crippen molar-refractivity contribution in [2.75, 3.05) is 18.2 Å². The fraction of sp³-hybridized carbons (Fsp3) is 0.375. The van der Waals surface area contributed by atoms with Gasteiger partial charge in [-0.05, 0) is 37.1 Å². The molecule has 1 N–H and O–H groups in total. The molecular weight excluding hydrogens is 398 g/mol. The van der Waals surface area contributed by atoms with Crippen molar-refractivity contribution < 1.29 is 19.1 Å². The summed E-state index contributed by atoms with van der Waals surface area (Å²) in [6.45, 7) is 3.72. The molecule has 0 saturated heterocycles. The average Bonchev–Trinajstić information content (AvgIpc) is 3.07. The first-order valence-corrected chi connectivity index (χ1v) is 9.87. The van der Waals surface area contributed by atoms with Gasteiger partial charge in [-0.3, -0.25) is 14.9 Å². The van der Waals surface area contributed by atoms with Crippen LogP contribution in [0.15, 0.2) is 22.5 Å². The number of nitrogens with one attached hydrogen (secondary N) is 1. The van der Waals surface area contributed by atoms with Crippen LogP contribution in [0.3, 0.4) is 0 Å². The van der Waals surface area contributed by atoms with Gasteiger partial charge in [-0.15, -0.1) is 10.2 Å². The monoisotopic (exact) mass is 415 g/mol. The fourth-order valence-electron chi connectivity index (χ4n) is 1.86. The molecule has 1 amide bonds. The van der Waals surface area contributed by atoms with Crippen molar-refractivity contribution in [3.63, 3.8) is 0 Å². The van der Waals surface area contributed by atoms with Gasteiger partial charge in [0, 0.05) is 5.02 Å². The summed E-state index contributed by atoms with van der Waals surface area (Å²) >= 11 is 8.37. The molecule has 2 rings (SSSR count). The number of halogens is 1. The van der Waals surface area contributed by atoms with Crippen LogP contribution in [-0.4, -0.2) is 41.0 Å². The first-order chi connectivity index (χ1) is 12.4. The molecule has 10 heteroatoms. The van der Waals surface area contributed by atoms with Crippen molar-refractivity contribution in [2.45, 2.75) is 30.7 Å². The third-order valence-electron chi connectivity index (χ3n) is 3.25. The van der Waals surface area contributed by atoms with Gasteiger partial charge in [-0.2, -0.15) is 0 Å². The third-order valence-corrected chi connectivity index (χ3v) is 5.62. The number of carbonyl (C=O) groups excluding carboxylic acids is 2. The van der Waals surface area contributed by atoms with Crippen LogP contribution in [0.25, 0.3) is 0 Å². The summed E-state index contributed by atoms with van der Waals surface area (Å²) in [6.07, 6.45) is -0.193. The Morgan fingerprint density at radius 1 is 1.38 bits per heavy atom. The summed E-state index contributed by atoms with van der Waals surface area (Å²) in [5, 5.41) is 11.5. The Morgan fingerprint density at radius 2 is 2.15 bits per heavy atom. The van der Waals surface area contributed by atoms with Crippen molar-refractivity contribution >= 4 is 51.7 Å². The lowest BCUT2D eigenvalue weighted by molar-refractivity contribution is -0.137. The Hall–Kier alpha value is -1.84. The predicted octanol–water partition coefficient (Wildman–Crippen LogP) is 3.56. The van der Waals surface area contributed by atoms with Crippen LogP contribution < -0.4 is 10.1 Å². The van der Waals surface area contributed by atoms with Crippen molar-refractivity contribution in [3.05, 3.63) is 28.8 Å². The highest BCUT2D eigenvalue weighted by atomic mass is 35.5. The van der Waals surface area contributed by atoms with Crippen molar-refractivity contribution in [1.29, 1.82) is 0 Å². The Balaban J connectivity index is 1.95. The Kier molecular flexibility index (Phi) is 7.67. The second-order valence-corrected chi connectivity index (χ2v) is 7.76. The van der Waals surface area contributed by atoms with Gasteiger partial charge >= 0.3 is 5.97 Å². The molecule has 0 bridgehead atoms. The lowest BCUT2D eigenvalue weighted by Gasteiger charge is -2.16. The Morgan fingerprint density at radius 3 is 2.81 bits per heavy atom. The molecule has 1 atom stereocenters. The second-order valence-electron chi connectivity index (χ2n) is 5.15. The number of carbonyl (C=O) groups is 2. The number of aryl methyl sites for hydroxylation is 1. The molecule has 0 aliphatic carbocycles. The van der Waals surface area contributed by atoms with Crippen LogP contribution >= 0.6 is 34.7 Å². The number of ether oxygens (including phenoxy) is 2. The molecule has 0 aliphatic heterocycles. The molecule has 26 heavy (non-hydrogen) atoms. The number of esters is 1. The molecule has 0 radical (unpaired) electrons. The molecule has 1 aromatic heterocycles. The van der Waals surface area contributed by atoms with Crippen molar-refractivity contribution in [2.24, 2.45) is 0 Å². The second kappa shape index (κ2) is 9.75. The van der Waals surface area contributed by atoms with E-state index in [0.717, 1.165) is 5.56 Å². The van der Waals surface area contributed by atoms with Crippen LogP contribution in [0.1, 0.15) is 18.9 Å². The lowest BCUT2D eigenvalue weighted by atomic mass is 10.2. The van der Waals surface area contributed by atoms with Gasteiger partial charge < -0.3 is 9.47 Å². The van der Waals surface area contributed by atoms with E-state index in [1.807, 2.05) is 13.8 Å². The first-order valence-electron chi connectivity index (χ1n) is 7.69. The van der Waals surface area contributed by atoms with E-state index >= 15 is 0 Å². The van der Waals surface area contributed by atoms with Crippen LogP contribution in [-0.2, 0) is 14.3 Å².